The molecular formula is C19H20ClN5O2. The van der Waals surface area contributed by atoms with Crippen molar-refractivity contribution >= 4 is 23.2 Å². The first-order valence-electron chi connectivity index (χ1n) is 8.41. The Morgan fingerprint density at radius 1 is 1.19 bits per heavy atom. The number of carbonyl (C=O) groups is 1. The first-order chi connectivity index (χ1) is 13.1. The monoisotopic (exact) mass is 385 g/mol. The summed E-state index contributed by atoms with van der Waals surface area (Å²) in [5, 5.41) is 20.1. The largest absolute Gasteiger partial charge is 0.395 e. The van der Waals surface area contributed by atoms with Crippen molar-refractivity contribution in [2.75, 3.05) is 25.5 Å². The van der Waals surface area contributed by atoms with Crippen molar-refractivity contribution in [3.63, 3.8) is 0 Å². The van der Waals surface area contributed by atoms with E-state index in [0.717, 1.165) is 11.3 Å². The lowest BCUT2D eigenvalue weighted by Gasteiger charge is -2.17. The van der Waals surface area contributed by atoms with Gasteiger partial charge in [-0.1, -0.05) is 11.6 Å². The van der Waals surface area contributed by atoms with E-state index in [1.807, 2.05) is 30.1 Å². The highest BCUT2D eigenvalue weighted by Gasteiger charge is 2.10. The standard InChI is InChI=1S/C19H20ClN5O2/c1-24(8-9-26)11-15-10-16(4-7-18(15)20)23-19(27)14-2-5-17(6-3-14)25-12-21-22-13-25/h2-7,10,12-13,26H,8-9,11H2,1H3,(H,23,27). The number of nitrogens with zero attached hydrogens (tertiary/aromatic N) is 4. The van der Waals surface area contributed by atoms with Crippen LogP contribution in [0.4, 0.5) is 5.69 Å². The van der Waals surface area contributed by atoms with Crippen molar-refractivity contribution in [3.8, 4) is 5.69 Å². The Morgan fingerprint density at radius 2 is 1.89 bits per heavy atom. The number of hydrogen-bond donors (Lipinski definition) is 2. The SMILES string of the molecule is CN(CCO)Cc1cc(NC(=O)c2ccc(-n3cnnc3)cc2)ccc1Cl. The second kappa shape index (κ2) is 8.77. The molecule has 1 amide bonds. The molecule has 8 heteroatoms. The van der Waals surface area contributed by atoms with E-state index in [0.29, 0.717) is 29.4 Å². The number of benzene rings is 2. The first-order valence-corrected chi connectivity index (χ1v) is 8.79. The van der Waals surface area contributed by atoms with Crippen LogP contribution < -0.4 is 5.32 Å². The van der Waals surface area contributed by atoms with Crippen molar-refractivity contribution in [1.29, 1.82) is 0 Å². The Hall–Kier alpha value is -2.74. The molecule has 1 aromatic heterocycles. The van der Waals surface area contributed by atoms with Gasteiger partial charge in [0.1, 0.15) is 12.7 Å². The van der Waals surface area contributed by atoms with Crippen molar-refractivity contribution in [2.45, 2.75) is 6.54 Å². The third-order valence-corrected chi connectivity index (χ3v) is 4.44. The minimum Gasteiger partial charge on any atom is -0.395 e. The maximum atomic E-state index is 12.5. The van der Waals surface area contributed by atoms with E-state index in [9.17, 15) is 4.79 Å². The van der Waals surface area contributed by atoms with Crippen molar-refractivity contribution in [3.05, 3.63) is 71.3 Å². The smallest absolute Gasteiger partial charge is 0.255 e. The van der Waals surface area contributed by atoms with Gasteiger partial charge in [0.05, 0.1) is 6.61 Å². The van der Waals surface area contributed by atoms with Gasteiger partial charge in [-0.25, -0.2) is 0 Å². The zero-order valence-electron chi connectivity index (χ0n) is 14.8. The molecule has 140 valence electrons. The van der Waals surface area contributed by atoms with Crippen LogP contribution in [0.15, 0.2) is 55.1 Å². The summed E-state index contributed by atoms with van der Waals surface area (Å²) in [6, 6.07) is 12.5. The fourth-order valence-corrected chi connectivity index (χ4v) is 2.81. The predicted octanol–water partition coefficient (Wildman–Crippen LogP) is 2.60. The lowest BCUT2D eigenvalue weighted by molar-refractivity contribution is 0.102. The number of aliphatic hydroxyl groups excluding tert-OH is 1. The van der Waals surface area contributed by atoms with Gasteiger partial charge in [-0.3, -0.25) is 14.3 Å². The summed E-state index contributed by atoms with van der Waals surface area (Å²) in [6.07, 6.45) is 3.19. The summed E-state index contributed by atoms with van der Waals surface area (Å²) in [4.78, 5) is 14.5. The molecule has 0 atom stereocenters. The van der Waals surface area contributed by atoms with Crippen LogP contribution in [0.25, 0.3) is 5.69 Å². The Bertz CT molecular complexity index is 897. The molecule has 0 aliphatic rings. The van der Waals surface area contributed by atoms with Gasteiger partial charge in [-0.15, -0.1) is 10.2 Å². The molecule has 27 heavy (non-hydrogen) atoms. The molecule has 3 rings (SSSR count). The summed E-state index contributed by atoms with van der Waals surface area (Å²) >= 11 is 6.25. The normalized spacial score (nSPS) is 11.0. The molecule has 0 fully saturated rings. The minimum absolute atomic E-state index is 0.0790. The summed E-state index contributed by atoms with van der Waals surface area (Å²) in [6.45, 7) is 1.21. The second-order valence-electron chi connectivity index (χ2n) is 6.14. The van der Waals surface area contributed by atoms with Crippen LogP contribution in [0.3, 0.4) is 0 Å². The van der Waals surface area contributed by atoms with E-state index in [4.69, 9.17) is 16.7 Å². The van der Waals surface area contributed by atoms with Crippen LogP contribution in [0.2, 0.25) is 5.02 Å². The van der Waals surface area contributed by atoms with Gasteiger partial charge in [0.15, 0.2) is 0 Å². The first kappa shape index (κ1) is 19.0. The molecule has 0 aliphatic carbocycles. The average molecular weight is 386 g/mol. The topological polar surface area (TPSA) is 83.3 Å². The number of amides is 1. The predicted molar refractivity (Wildman–Crippen MR) is 104 cm³/mol. The lowest BCUT2D eigenvalue weighted by Crippen LogP contribution is -2.21. The maximum Gasteiger partial charge on any atom is 0.255 e. The van der Waals surface area contributed by atoms with Crippen molar-refractivity contribution < 1.29 is 9.90 Å². The van der Waals surface area contributed by atoms with Gasteiger partial charge < -0.3 is 10.4 Å². The van der Waals surface area contributed by atoms with E-state index >= 15 is 0 Å². The zero-order chi connectivity index (χ0) is 19.2. The zero-order valence-corrected chi connectivity index (χ0v) is 15.6. The third-order valence-electron chi connectivity index (χ3n) is 4.07. The quantitative estimate of drug-likeness (QED) is 0.653. The van der Waals surface area contributed by atoms with Gasteiger partial charge in [0.2, 0.25) is 0 Å². The molecule has 2 aromatic carbocycles. The highest BCUT2D eigenvalue weighted by Crippen LogP contribution is 2.22. The number of halogens is 1. The van der Waals surface area contributed by atoms with Crippen molar-refractivity contribution in [1.82, 2.24) is 19.7 Å². The number of nitrogens with one attached hydrogen (secondary N) is 1. The fourth-order valence-electron chi connectivity index (χ4n) is 2.64. The summed E-state index contributed by atoms with van der Waals surface area (Å²) < 4.78 is 1.76. The summed E-state index contributed by atoms with van der Waals surface area (Å²) in [7, 11) is 1.90. The molecule has 0 radical (unpaired) electrons. The van der Waals surface area contributed by atoms with Gasteiger partial charge in [-0.05, 0) is 55.1 Å². The number of aliphatic hydroxyl groups is 1. The average Bonchev–Trinajstić information content (AvgIpc) is 3.19. The Labute approximate surface area is 162 Å². The number of carbonyl (C=O) groups excluding carboxylic acids is 1. The van der Waals surface area contributed by atoms with Crippen LogP contribution in [0, 0.1) is 0 Å². The fraction of sp³-hybridized carbons (Fsp3) is 0.211. The summed E-state index contributed by atoms with van der Waals surface area (Å²) in [5.41, 5.74) is 2.96. The van der Waals surface area contributed by atoms with Crippen LogP contribution >= 0.6 is 11.6 Å². The van der Waals surface area contributed by atoms with E-state index in [-0.39, 0.29) is 12.5 Å². The minimum atomic E-state index is -0.206. The van der Waals surface area contributed by atoms with E-state index in [1.54, 1.807) is 41.5 Å². The van der Waals surface area contributed by atoms with Crippen molar-refractivity contribution in [2.24, 2.45) is 0 Å². The highest BCUT2D eigenvalue weighted by atomic mass is 35.5. The Morgan fingerprint density at radius 3 is 2.56 bits per heavy atom. The number of rotatable bonds is 7. The molecule has 7 nitrogen and oxygen atoms in total. The molecule has 0 saturated carbocycles. The summed E-state index contributed by atoms with van der Waals surface area (Å²) in [5.74, 6) is -0.206. The number of aromatic nitrogens is 3. The van der Waals surface area contributed by atoms with Gasteiger partial charge in [0, 0.05) is 35.1 Å². The van der Waals surface area contributed by atoms with Crippen LogP contribution in [-0.4, -0.2) is 50.9 Å². The third kappa shape index (κ3) is 4.91. The molecule has 0 unspecified atom stereocenters. The molecule has 2 N–H and O–H groups in total. The van der Waals surface area contributed by atoms with E-state index in [2.05, 4.69) is 15.5 Å². The molecule has 0 saturated heterocycles. The van der Waals surface area contributed by atoms with Crippen LogP contribution in [0.5, 0.6) is 0 Å². The molecule has 0 bridgehead atoms. The van der Waals surface area contributed by atoms with E-state index in [1.165, 1.54) is 0 Å². The highest BCUT2D eigenvalue weighted by molar-refractivity contribution is 6.31. The van der Waals surface area contributed by atoms with Gasteiger partial charge >= 0.3 is 0 Å². The van der Waals surface area contributed by atoms with Gasteiger partial charge in [-0.2, -0.15) is 0 Å². The molecule has 0 spiro atoms. The number of likely N-dealkylation sites (N-methyl/N-ethyl adjacent to an activating group) is 1. The Balaban J connectivity index is 1.70. The van der Waals surface area contributed by atoms with Gasteiger partial charge in [0.25, 0.3) is 5.91 Å². The Kier molecular flexibility index (Phi) is 6.18. The van der Waals surface area contributed by atoms with Crippen LogP contribution in [0.1, 0.15) is 15.9 Å². The number of anilines is 1. The molecular weight excluding hydrogens is 366 g/mol. The molecule has 0 aliphatic heterocycles. The molecule has 3 aromatic rings. The van der Waals surface area contributed by atoms with Crippen LogP contribution in [-0.2, 0) is 6.54 Å². The van der Waals surface area contributed by atoms with E-state index < -0.39 is 0 Å². The maximum absolute atomic E-state index is 12.5. The lowest BCUT2D eigenvalue weighted by atomic mass is 10.1. The molecule has 1 heterocycles. The number of hydrogen-bond acceptors (Lipinski definition) is 5. The second-order valence-corrected chi connectivity index (χ2v) is 6.54.